The van der Waals surface area contributed by atoms with Crippen molar-refractivity contribution in [2.75, 3.05) is 32.7 Å². The molecule has 0 aromatic heterocycles. The second-order valence-electron chi connectivity index (χ2n) is 8.04. The molecule has 1 aliphatic carbocycles. The maximum absolute atomic E-state index is 12.2. The molecule has 150 valence electrons. The first-order chi connectivity index (χ1) is 13.4. The van der Waals surface area contributed by atoms with E-state index in [9.17, 15) is 14.4 Å². The smallest absolute Gasteiger partial charge is 0.325 e. The van der Waals surface area contributed by atoms with Crippen molar-refractivity contribution in [1.82, 2.24) is 20.4 Å². The number of urea groups is 1. The van der Waals surface area contributed by atoms with Gasteiger partial charge in [-0.1, -0.05) is 23.7 Å². The summed E-state index contributed by atoms with van der Waals surface area (Å²) in [6.45, 7) is 2.68. The monoisotopic (exact) mass is 404 g/mol. The van der Waals surface area contributed by atoms with E-state index in [1.165, 1.54) is 18.4 Å². The van der Waals surface area contributed by atoms with Gasteiger partial charge in [-0.3, -0.25) is 14.5 Å². The van der Waals surface area contributed by atoms with Gasteiger partial charge in [0.2, 0.25) is 5.91 Å². The van der Waals surface area contributed by atoms with Gasteiger partial charge in [0.25, 0.3) is 5.91 Å². The Morgan fingerprint density at radius 1 is 1.18 bits per heavy atom. The van der Waals surface area contributed by atoms with Gasteiger partial charge in [-0.05, 0) is 43.4 Å². The minimum absolute atomic E-state index is 0.0279. The van der Waals surface area contributed by atoms with Crippen LogP contribution in [0.15, 0.2) is 24.3 Å². The van der Waals surface area contributed by atoms with Crippen molar-refractivity contribution in [1.29, 1.82) is 0 Å². The van der Waals surface area contributed by atoms with Gasteiger partial charge in [0.05, 0.1) is 6.54 Å². The number of imide groups is 1. The van der Waals surface area contributed by atoms with Crippen LogP contribution in [0.4, 0.5) is 4.79 Å². The molecular weight excluding hydrogens is 380 g/mol. The maximum Gasteiger partial charge on any atom is 0.325 e. The molecule has 1 saturated carbocycles. The lowest BCUT2D eigenvalue weighted by Gasteiger charge is -2.35. The van der Waals surface area contributed by atoms with Crippen molar-refractivity contribution in [3.8, 4) is 0 Å². The Kier molecular flexibility index (Phi) is 5.29. The van der Waals surface area contributed by atoms with Crippen LogP contribution in [-0.4, -0.2) is 66.4 Å². The molecule has 1 aromatic rings. The van der Waals surface area contributed by atoms with E-state index in [-0.39, 0.29) is 36.4 Å². The van der Waals surface area contributed by atoms with Crippen molar-refractivity contribution in [3.63, 3.8) is 0 Å². The lowest BCUT2D eigenvalue weighted by molar-refractivity contribution is -0.131. The lowest BCUT2D eigenvalue weighted by Crippen LogP contribution is -2.49. The summed E-state index contributed by atoms with van der Waals surface area (Å²) in [4.78, 5) is 38.7. The molecule has 0 radical (unpaired) electrons. The highest BCUT2D eigenvalue weighted by molar-refractivity contribution is 6.30. The highest BCUT2D eigenvalue weighted by Gasteiger charge is 2.45. The molecule has 3 fully saturated rings. The standard InChI is InChI=1S/C20H25ClN4O3/c21-15-3-1-14(2-4-15)20(7-8-20)13-24-9-5-16(6-10-24)23-17(26)12-25-18(27)11-22-19(25)28/h1-4,16H,5-13H2,(H,22,28)(H,23,26). The van der Waals surface area contributed by atoms with Gasteiger partial charge in [0.15, 0.2) is 0 Å². The molecule has 2 saturated heterocycles. The summed E-state index contributed by atoms with van der Waals surface area (Å²) in [7, 11) is 0. The minimum Gasteiger partial charge on any atom is -0.352 e. The third-order valence-corrected chi connectivity index (χ3v) is 6.28. The summed E-state index contributed by atoms with van der Waals surface area (Å²) in [5.41, 5.74) is 1.62. The minimum atomic E-state index is -0.494. The third-order valence-electron chi connectivity index (χ3n) is 6.03. The van der Waals surface area contributed by atoms with Crippen LogP contribution in [0.2, 0.25) is 5.02 Å². The Labute approximate surface area is 169 Å². The zero-order chi connectivity index (χ0) is 19.7. The molecule has 2 aliphatic heterocycles. The average Bonchev–Trinajstić information content (AvgIpc) is 3.40. The number of rotatable bonds is 6. The Morgan fingerprint density at radius 2 is 1.86 bits per heavy atom. The maximum atomic E-state index is 12.2. The Morgan fingerprint density at radius 3 is 2.43 bits per heavy atom. The van der Waals surface area contributed by atoms with E-state index >= 15 is 0 Å². The number of hydrogen-bond donors (Lipinski definition) is 2. The Hall–Kier alpha value is -2.12. The SMILES string of the molecule is O=C(CN1C(=O)CNC1=O)NC1CCN(CC2(c3ccc(Cl)cc3)CC2)CC1. The number of carbonyl (C=O) groups excluding carboxylic acids is 3. The highest BCUT2D eigenvalue weighted by Crippen LogP contribution is 2.49. The van der Waals surface area contributed by atoms with E-state index in [1.807, 2.05) is 12.1 Å². The number of benzene rings is 1. The summed E-state index contributed by atoms with van der Waals surface area (Å²) in [5, 5.41) is 6.16. The highest BCUT2D eigenvalue weighted by atomic mass is 35.5. The molecule has 8 heteroatoms. The fourth-order valence-corrected chi connectivity index (χ4v) is 4.31. The second kappa shape index (κ2) is 7.72. The van der Waals surface area contributed by atoms with E-state index in [0.717, 1.165) is 42.4 Å². The van der Waals surface area contributed by atoms with Gasteiger partial charge in [0.1, 0.15) is 6.54 Å². The summed E-state index contributed by atoms with van der Waals surface area (Å²) < 4.78 is 0. The van der Waals surface area contributed by atoms with Crippen LogP contribution in [0.5, 0.6) is 0 Å². The van der Waals surface area contributed by atoms with Crippen LogP contribution >= 0.6 is 11.6 Å². The van der Waals surface area contributed by atoms with E-state index in [1.54, 1.807) is 0 Å². The van der Waals surface area contributed by atoms with E-state index in [2.05, 4.69) is 27.7 Å². The second-order valence-corrected chi connectivity index (χ2v) is 8.48. The summed E-state index contributed by atoms with van der Waals surface area (Å²) in [5.74, 6) is -0.629. The summed E-state index contributed by atoms with van der Waals surface area (Å²) in [6.07, 6.45) is 4.17. The molecule has 0 spiro atoms. The fourth-order valence-electron chi connectivity index (χ4n) is 4.19. The van der Waals surface area contributed by atoms with Crippen LogP contribution in [0.3, 0.4) is 0 Å². The molecule has 7 nitrogen and oxygen atoms in total. The third kappa shape index (κ3) is 4.15. The van der Waals surface area contributed by atoms with Crippen molar-refractivity contribution in [3.05, 3.63) is 34.9 Å². The molecular formula is C20H25ClN4O3. The molecule has 2 heterocycles. The van der Waals surface area contributed by atoms with Gasteiger partial charge >= 0.3 is 6.03 Å². The van der Waals surface area contributed by atoms with Crippen molar-refractivity contribution in [2.24, 2.45) is 0 Å². The van der Waals surface area contributed by atoms with Crippen molar-refractivity contribution >= 4 is 29.4 Å². The summed E-state index contributed by atoms with van der Waals surface area (Å²) in [6, 6.07) is 7.80. The summed E-state index contributed by atoms with van der Waals surface area (Å²) >= 11 is 6.01. The van der Waals surface area contributed by atoms with Crippen LogP contribution in [-0.2, 0) is 15.0 Å². The number of piperidine rings is 1. The number of likely N-dealkylation sites (tertiary alicyclic amines) is 1. The van der Waals surface area contributed by atoms with Gasteiger partial charge in [0, 0.05) is 36.1 Å². The van der Waals surface area contributed by atoms with Gasteiger partial charge in [-0.2, -0.15) is 0 Å². The molecule has 4 amide bonds. The van der Waals surface area contributed by atoms with Crippen molar-refractivity contribution in [2.45, 2.75) is 37.1 Å². The largest absolute Gasteiger partial charge is 0.352 e. The molecule has 0 bridgehead atoms. The molecule has 1 aromatic carbocycles. The predicted molar refractivity (Wildman–Crippen MR) is 105 cm³/mol. The first-order valence-corrected chi connectivity index (χ1v) is 10.2. The van der Waals surface area contributed by atoms with Gasteiger partial charge in [-0.15, -0.1) is 0 Å². The van der Waals surface area contributed by atoms with Crippen LogP contribution in [0.1, 0.15) is 31.2 Å². The number of nitrogens with zero attached hydrogens (tertiary/aromatic N) is 2. The predicted octanol–water partition coefficient (Wildman–Crippen LogP) is 1.50. The van der Waals surface area contributed by atoms with Crippen LogP contribution in [0.25, 0.3) is 0 Å². The molecule has 3 aliphatic rings. The number of nitrogens with one attached hydrogen (secondary N) is 2. The van der Waals surface area contributed by atoms with Gasteiger partial charge < -0.3 is 15.5 Å². The lowest BCUT2D eigenvalue weighted by atomic mass is 9.94. The van der Waals surface area contributed by atoms with E-state index < -0.39 is 6.03 Å². The number of carbonyl (C=O) groups is 3. The quantitative estimate of drug-likeness (QED) is 0.704. The number of amides is 4. The first-order valence-electron chi connectivity index (χ1n) is 9.81. The molecule has 0 unspecified atom stereocenters. The zero-order valence-corrected chi connectivity index (χ0v) is 16.5. The number of halogens is 1. The first kappa shape index (κ1) is 19.2. The number of hydrogen-bond acceptors (Lipinski definition) is 4. The Balaban J connectivity index is 1.24. The zero-order valence-electron chi connectivity index (χ0n) is 15.7. The molecule has 28 heavy (non-hydrogen) atoms. The molecule has 0 atom stereocenters. The van der Waals surface area contributed by atoms with Crippen LogP contribution < -0.4 is 10.6 Å². The Bertz CT molecular complexity index is 754. The van der Waals surface area contributed by atoms with Crippen molar-refractivity contribution < 1.29 is 14.4 Å². The molecule has 2 N–H and O–H groups in total. The topological polar surface area (TPSA) is 81.8 Å². The van der Waals surface area contributed by atoms with E-state index in [4.69, 9.17) is 11.6 Å². The fraction of sp³-hybridized carbons (Fsp3) is 0.550. The van der Waals surface area contributed by atoms with E-state index in [0.29, 0.717) is 0 Å². The molecule has 4 rings (SSSR count). The van der Waals surface area contributed by atoms with Crippen LogP contribution in [0, 0.1) is 0 Å². The normalized spacial score (nSPS) is 22.2. The average molecular weight is 405 g/mol. The van der Waals surface area contributed by atoms with Gasteiger partial charge in [-0.25, -0.2) is 4.79 Å².